The highest BCUT2D eigenvalue weighted by Gasteiger charge is 2.00. The molecule has 0 fully saturated rings. The van der Waals surface area contributed by atoms with E-state index >= 15 is 0 Å². The fourth-order valence-electron chi connectivity index (χ4n) is 1.77. The summed E-state index contributed by atoms with van der Waals surface area (Å²) in [6, 6.07) is 10.7. The normalized spacial score (nSPS) is 10.3. The van der Waals surface area contributed by atoms with E-state index in [-0.39, 0.29) is 0 Å². The first-order valence-corrected chi connectivity index (χ1v) is 5.31. The number of hydrogen-bond acceptors (Lipinski definition) is 1. The molecule has 1 heterocycles. The molecule has 0 unspecified atom stereocenters. The highest BCUT2D eigenvalue weighted by Crippen LogP contribution is 2.21. The van der Waals surface area contributed by atoms with Crippen LogP contribution in [0.25, 0.3) is 11.1 Å². The van der Waals surface area contributed by atoms with E-state index < -0.39 is 0 Å². The van der Waals surface area contributed by atoms with Crippen LogP contribution in [0.15, 0.2) is 42.7 Å². The standard InChI is InChI=1S/C14H15N/c1-3-12-9-13(7-6-11(12)2)14-5-4-8-15-10-14/h4-10H,3H2,1-2H3. The average Bonchev–Trinajstić information content (AvgIpc) is 2.31. The van der Waals surface area contributed by atoms with Crippen LogP contribution in [-0.2, 0) is 6.42 Å². The summed E-state index contributed by atoms with van der Waals surface area (Å²) in [5, 5.41) is 0. The zero-order valence-electron chi connectivity index (χ0n) is 9.20. The van der Waals surface area contributed by atoms with Gasteiger partial charge in [0.2, 0.25) is 0 Å². The lowest BCUT2D eigenvalue weighted by atomic mass is 9.99. The van der Waals surface area contributed by atoms with Gasteiger partial charge in [0.25, 0.3) is 0 Å². The molecule has 1 nitrogen and oxygen atoms in total. The predicted octanol–water partition coefficient (Wildman–Crippen LogP) is 3.62. The van der Waals surface area contributed by atoms with Crippen molar-refractivity contribution in [2.75, 3.05) is 0 Å². The first-order chi connectivity index (χ1) is 7.31. The minimum Gasteiger partial charge on any atom is -0.264 e. The van der Waals surface area contributed by atoms with E-state index in [1.54, 1.807) is 6.20 Å². The molecule has 0 bridgehead atoms. The zero-order chi connectivity index (χ0) is 10.7. The van der Waals surface area contributed by atoms with Gasteiger partial charge in [-0.2, -0.15) is 0 Å². The van der Waals surface area contributed by atoms with Crippen LogP contribution in [-0.4, -0.2) is 4.98 Å². The maximum absolute atomic E-state index is 4.14. The van der Waals surface area contributed by atoms with Crippen molar-refractivity contribution < 1.29 is 0 Å². The van der Waals surface area contributed by atoms with Crippen molar-refractivity contribution in [2.24, 2.45) is 0 Å². The Labute approximate surface area is 90.8 Å². The molecule has 0 spiro atoms. The molecular weight excluding hydrogens is 182 g/mol. The Morgan fingerprint density at radius 1 is 1.13 bits per heavy atom. The lowest BCUT2D eigenvalue weighted by molar-refractivity contribution is 1.11. The largest absolute Gasteiger partial charge is 0.264 e. The van der Waals surface area contributed by atoms with Crippen molar-refractivity contribution in [2.45, 2.75) is 20.3 Å². The quantitative estimate of drug-likeness (QED) is 0.716. The first-order valence-electron chi connectivity index (χ1n) is 5.31. The van der Waals surface area contributed by atoms with Gasteiger partial charge in [0.1, 0.15) is 0 Å². The third-order valence-electron chi connectivity index (χ3n) is 2.72. The monoisotopic (exact) mass is 197 g/mol. The summed E-state index contributed by atoms with van der Waals surface area (Å²) in [4.78, 5) is 4.14. The minimum atomic E-state index is 1.08. The van der Waals surface area contributed by atoms with Crippen molar-refractivity contribution in [3.63, 3.8) is 0 Å². The van der Waals surface area contributed by atoms with E-state index in [2.05, 4.69) is 43.1 Å². The van der Waals surface area contributed by atoms with Gasteiger partial charge in [0, 0.05) is 12.4 Å². The zero-order valence-corrected chi connectivity index (χ0v) is 9.20. The van der Waals surface area contributed by atoms with Crippen LogP contribution in [0.4, 0.5) is 0 Å². The number of hydrogen-bond donors (Lipinski definition) is 0. The molecule has 0 aliphatic rings. The van der Waals surface area contributed by atoms with Gasteiger partial charge in [-0.1, -0.05) is 31.2 Å². The molecule has 0 saturated carbocycles. The molecule has 1 aromatic heterocycles. The minimum absolute atomic E-state index is 1.08. The summed E-state index contributed by atoms with van der Waals surface area (Å²) in [5.41, 5.74) is 5.22. The summed E-state index contributed by atoms with van der Waals surface area (Å²) in [7, 11) is 0. The van der Waals surface area contributed by atoms with E-state index in [1.165, 1.54) is 22.3 Å². The van der Waals surface area contributed by atoms with Crippen molar-refractivity contribution in [3.8, 4) is 11.1 Å². The Balaban J connectivity index is 2.46. The highest BCUT2D eigenvalue weighted by atomic mass is 14.6. The Morgan fingerprint density at radius 3 is 2.67 bits per heavy atom. The first kappa shape index (κ1) is 9.91. The number of benzene rings is 1. The van der Waals surface area contributed by atoms with Gasteiger partial charge in [-0.15, -0.1) is 0 Å². The van der Waals surface area contributed by atoms with Crippen molar-refractivity contribution >= 4 is 0 Å². The van der Waals surface area contributed by atoms with Crippen LogP contribution in [0, 0.1) is 6.92 Å². The second-order valence-electron chi connectivity index (χ2n) is 3.74. The van der Waals surface area contributed by atoms with Gasteiger partial charge < -0.3 is 0 Å². The molecule has 0 atom stereocenters. The molecule has 2 rings (SSSR count). The Kier molecular flexibility index (Phi) is 2.82. The van der Waals surface area contributed by atoms with Gasteiger partial charge in [0.15, 0.2) is 0 Å². The molecule has 76 valence electrons. The average molecular weight is 197 g/mol. The Bertz CT molecular complexity index is 446. The van der Waals surface area contributed by atoms with Gasteiger partial charge in [-0.3, -0.25) is 4.98 Å². The third-order valence-corrected chi connectivity index (χ3v) is 2.72. The molecule has 0 aliphatic carbocycles. The van der Waals surface area contributed by atoms with Gasteiger partial charge in [0.05, 0.1) is 0 Å². The highest BCUT2D eigenvalue weighted by molar-refractivity contribution is 5.63. The maximum Gasteiger partial charge on any atom is 0.0346 e. The molecule has 1 aromatic carbocycles. The SMILES string of the molecule is CCc1cc(-c2cccnc2)ccc1C. The summed E-state index contributed by atoms with van der Waals surface area (Å²) in [5.74, 6) is 0. The van der Waals surface area contributed by atoms with Gasteiger partial charge in [-0.05, 0) is 41.7 Å². The second kappa shape index (κ2) is 4.26. The van der Waals surface area contributed by atoms with E-state index in [1.807, 2.05) is 12.3 Å². The maximum atomic E-state index is 4.14. The van der Waals surface area contributed by atoms with Crippen LogP contribution in [0.3, 0.4) is 0 Å². The molecule has 15 heavy (non-hydrogen) atoms. The molecule has 0 radical (unpaired) electrons. The van der Waals surface area contributed by atoms with E-state index in [0.717, 1.165) is 6.42 Å². The summed E-state index contributed by atoms with van der Waals surface area (Å²) in [6.45, 7) is 4.35. The molecule has 0 N–H and O–H groups in total. The fourth-order valence-corrected chi connectivity index (χ4v) is 1.77. The molecule has 0 saturated heterocycles. The molecule has 1 heteroatoms. The van der Waals surface area contributed by atoms with Crippen molar-refractivity contribution in [3.05, 3.63) is 53.9 Å². The topological polar surface area (TPSA) is 12.9 Å². The number of nitrogens with zero attached hydrogens (tertiary/aromatic N) is 1. The summed E-state index contributed by atoms with van der Waals surface area (Å²) in [6.07, 6.45) is 4.79. The van der Waals surface area contributed by atoms with E-state index in [9.17, 15) is 0 Å². The Hall–Kier alpha value is -1.63. The van der Waals surface area contributed by atoms with E-state index in [4.69, 9.17) is 0 Å². The van der Waals surface area contributed by atoms with Crippen molar-refractivity contribution in [1.29, 1.82) is 0 Å². The number of rotatable bonds is 2. The molecule has 0 amide bonds. The van der Waals surface area contributed by atoms with Gasteiger partial charge >= 0.3 is 0 Å². The van der Waals surface area contributed by atoms with Gasteiger partial charge in [-0.25, -0.2) is 0 Å². The Morgan fingerprint density at radius 2 is 2.00 bits per heavy atom. The fraction of sp³-hybridized carbons (Fsp3) is 0.214. The van der Waals surface area contributed by atoms with Crippen LogP contribution in [0.5, 0.6) is 0 Å². The number of pyridine rings is 1. The number of aromatic nitrogens is 1. The van der Waals surface area contributed by atoms with Crippen LogP contribution < -0.4 is 0 Å². The summed E-state index contributed by atoms with van der Waals surface area (Å²) >= 11 is 0. The third kappa shape index (κ3) is 2.07. The molecular formula is C14H15N. The summed E-state index contributed by atoms with van der Waals surface area (Å²) < 4.78 is 0. The molecule has 2 aromatic rings. The lowest BCUT2D eigenvalue weighted by Gasteiger charge is -2.06. The smallest absolute Gasteiger partial charge is 0.0346 e. The lowest BCUT2D eigenvalue weighted by Crippen LogP contribution is -1.88. The van der Waals surface area contributed by atoms with Crippen LogP contribution >= 0.6 is 0 Å². The van der Waals surface area contributed by atoms with Crippen LogP contribution in [0.2, 0.25) is 0 Å². The van der Waals surface area contributed by atoms with E-state index in [0.29, 0.717) is 0 Å². The van der Waals surface area contributed by atoms with Crippen molar-refractivity contribution in [1.82, 2.24) is 4.98 Å². The predicted molar refractivity (Wildman–Crippen MR) is 63.8 cm³/mol. The van der Waals surface area contributed by atoms with Crippen LogP contribution in [0.1, 0.15) is 18.1 Å². The second-order valence-corrected chi connectivity index (χ2v) is 3.74. The number of aryl methyl sites for hydroxylation is 2. The molecule has 0 aliphatic heterocycles.